The van der Waals surface area contributed by atoms with Crippen LogP contribution in [0.4, 0.5) is 5.69 Å². The van der Waals surface area contributed by atoms with E-state index < -0.39 is 15.4 Å². The molecule has 1 aliphatic rings. The molecule has 17 heavy (non-hydrogen) atoms. The number of rotatable bonds is 3. The van der Waals surface area contributed by atoms with Crippen molar-refractivity contribution in [3.63, 3.8) is 0 Å². The number of hydrogen-bond acceptors (Lipinski definition) is 4. The minimum absolute atomic E-state index is 0.165. The van der Waals surface area contributed by atoms with Crippen molar-refractivity contribution in [2.75, 3.05) is 17.2 Å². The van der Waals surface area contributed by atoms with E-state index in [-0.39, 0.29) is 11.5 Å². The second kappa shape index (κ2) is 4.01. The lowest BCUT2D eigenvalue weighted by molar-refractivity contribution is 0.318. The lowest BCUT2D eigenvalue weighted by Crippen LogP contribution is -2.34. The molecule has 6 heteroatoms. The Balaban J connectivity index is 2.41. The minimum atomic E-state index is -2.93. The number of nitrogens with two attached hydrogens (primary N) is 1. The first-order valence-electron chi connectivity index (χ1n) is 5.91. The second-order valence-corrected chi connectivity index (χ2v) is 7.23. The molecule has 1 atom stereocenters. The van der Waals surface area contributed by atoms with Crippen molar-refractivity contribution in [2.24, 2.45) is 0 Å². The lowest BCUT2D eigenvalue weighted by Gasteiger charge is -2.25. The second-order valence-electron chi connectivity index (χ2n) is 5.05. The van der Waals surface area contributed by atoms with Gasteiger partial charge in [-0.15, -0.1) is 0 Å². The van der Waals surface area contributed by atoms with E-state index in [0.717, 1.165) is 18.5 Å². The predicted molar refractivity (Wildman–Crippen MR) is 67.6 cm³/mol. The average molecular weight is 257 g/mol. The van der Waals surface area contributed by atoms with Gasteiger partial charge in [0.2, 0.25) is 0 Å². The molecule has 2 heterocycles. The summed E-state index contributed by atoms with van der Waals surface area (Å²) in [5.41, 5.74) is 7.09. The maximum atomic E-state index is 11.6. The fourth-order valence-corrected chi connectivity index (χ4v) is 4.61. The van der Waals surface area contributed by atoms with Crippen molar-refractivity contribution in [3.8, 4) is 0 Å². The van der Waals surface area contributed by atoms with Crippen LogP contribution in [0.1, 0.15) is 32.4 Å². The fraction of sp³-hybridized carbons (Fsp3) is 0.727. The number of hydrogen-bond donors (Lipinski definition) is 1. The first kappa shape index (κ1) is 12.4. The van der Waals surface area contributed by atoms with Crippen LogP contribution in [0.15, 0.2) is 6.20 Å². The van der Waals surface area contributed by atoms with Gasteiger partial charge in [0, 0.05) is 0 Å². The molecule has 0 amide bonds. The van der Waals surface area contributed by atoms with Gasteiger partial charge in [-0.2, -0.15) is 5.10 Å². The molecule has 1 fully saturated rings. The molecule has 0 bridgehead atoms. The molecule has 1 aromatic heterocycles. The summed E-state index contributed by atoms with van der Waals surface area (Å²) in [5, 5.41) is 4.28. The summed E-state index contributed by atoms with van der Waals surface area (Å²) in [4.78, 5) is 0. The van der Waals surface area contributed by atoms with E-state index in [1.807, 2.05) is 11.6 Å². The van der Waals surface area contributed by atoms with Gasteiger partial charge in [0.25, 0.3) is 0 Å². The summed E-state index contributed by atoms with van der Waals surface area (Å²) in [5.74, 6) is 0.409. The number of sulfone groups is 1. The Morgan fingerprint density at radius 2 is 2.29 bits per heavy atom. The zero-order valence-electron chi connectivity index (χ0n) is 10.3. The van der Waals surface area contributed by atoms with Crippen molar-refractivity contribution in [3.05, 3.63) is 11.9 Å². The molecule has 0 spiro atoms. The van der Waals surface area contributed by atoms with Gasteiger partial charge in [0.1, 0.15) is 0 Å². The van der Waals surface area contributed by atoms with E-state index in [9.17, 15) is 8.42 Å². The minimum Gasteiger partial charge on any atom is -0.396 e. The summed E-state index contributed by atoms with van der Waals surface area (Å²) < 4.78 is 25.1. The first-order valence-corrected chi connectivity index (χ1v) is 7.73. The summed E-state index contributed by atoms with van der Waals surface area (Å²) in [7, 11) is -2.93. The van der Waals surface area contributed by atoms with Crippen molar-refractivity contribution < 1.29 is 8.42 Å². The third-order valence-electron chi connectivity index (χ3n) is 3.38. The highest BCUT2D eigenvalue weighted by atomic mass is 32.2. The van der Waals surface area contributed by atoms with E-state index in [4.69, 9.17) is 5.73 Å². The molecule has 1 unspecified atom stereocenters. The molecule has 0 saturated carbocycles. The van der Waals surface area contributed by atoms with Crippen LogP contribution in [-0.2, 0) is 21.8 Å². The summed E-state index contributed by atoms with van der Waals surface area (Å²) in [6.45, 7) is 4.02. The Hall–Kier alpha value is -1.04. The lowest BCUT2D eigenvalue weighted by atomic mass is 10.0. The number of nitrogens with zero attached hydrogens (tertiary/aromatic N) is 2. The van der Waals surface area contributed by atoms with Gasteiger partial charge in [-0.25, -0.2) is 8.42 Å². The van der Waals surface area contributed by atoms with Gasteiger partial charge >= 0.3 is 0 Å². The van der Waals surface area contributed by atoms with Crippen molar-refractivity contribution in [1.82, 2.24) is 9.78 Å². The van der Waals surface area contributed by atoms with Crippen LogP contribution >= 0.6 is 0 Å². The van der Waals surface area contributed by atoms with E-state index in [1.165, 1.54) is 0 Å². The molecule has 2 rings (SSSR count). The highest BCUT2D eigenvalue weighted by molar-refractivity contribution is 7.91. The Morgan fingerprint density at radius 3 is 2.82 bits per heavy atom. The molecule has 0 radical (unpaired) electrons. The molecule has 1 aliphatic heterocycles. The summed E-state index contributed by atoms with van der Waals surface area (Å²) >= 11 is 0. The Labute approximate surface area is 102 Å². The highest BCUT2D eigenvalue weighted by Crippen LogP contribution is 2.32. The normalized spacial score (nSPS) is 27.4. The maximum Gasteiger partial charge on any atom is 0.152 e. The topological polar surface area (TPSA) is 78.0 Å². The van der Waals surface area contributed by atoms with Crippen LogP contribution in [0.2, 0.25) is 0 Å². The van der Waals surface area contributed by atoms with Gasteiger partial charge in [0.05, 0.1) is 34.6 Å². The van der Waals surface area contributed by atoms with Crippen LogP contribution in [-0.4, -0.2) is 29.7 Å². The quantitative estimate of drug-likeness (QED) is 0.874. The van der Waals surface area contributed by atoms with Crippen LogP contribution in [0, 0.1) is 0 Å². The molecule has 1 saturated heterocycles. The zero-order valence-corrected chi connectivity index (χ0v) is 11.1. The van der Waals surface area contributed by atoms with Gasteiger partial charge in [0.15, 0.2) is 9.84 Å². The van der Waals surface area contributed by atoms with Crippen molar-refractivity contribution in [1.29, 1.82) is 0 Å². The van der Waals surface area contributed by atoms with Gasteiger partial charge in [-0.1, -0.05) is 13.3 Å². The number of anilines is 1. The summed E-state index contributed by atoms with van der Waals surface area (Å²) in [6.07, 6.45) is 4.05. The van der Waals surface area contributed by atoms with Crippen molar-refractivity contribution in [2.45, 2.75) is 38.6 Å². The van der Waals surface area contributed by atoms with Gasteiger partial charge < -0.3 is 5.73 Å². The van der Waals surface area contributed by atoms with Crippen molar-refractivity contribution >= 4 is 15.5 Å². The molecule has 5 nitrogen and oxygen atoms in total. The van der Waals surface area contributed by atoms with E-state index in [1.54, 1.807) is 6.20 Å². The number of aromatic nitrogens is 2. The Morgan fingerprint density at radius 1 is 1.59 bits per heavy atom. The molecule has 1 aromatic rings. The first-order chi connectivity index (χ1) is 7.88. The third-order valence-corrected chi connectivity index (χ3v) is 5.27. The maximum absolute atomic E-state index is 11.6. The van der Waals surface area contributed by atoms with Crippen LogP contribution in [0.5, 0.6) is 0 Å². The molecule has 2 N–H and O–H groups in total. The summed E-state index contributed by atoms with van der Waals surface area (Å²) in [6, 6.07) is 0. The zero-order chi connectivity index (χ0) is 12.7. The molecule has 96 valence electrons. The van der Waals surface area contributed by atoms with Gasteiger partial charge in [-0.3, -0.25) is 4.68 Å². The molecular weight excluding hydrogens is 238 g/mol. The highest BCUT2D eigenvalue weighted by Gasteiger charge is 2.41. The largest absolute Gasteiger partial charge is 0.396 e. The van der Waals surface area contributed by atoms with Gasteiger partial charge in [-0.05, 0) is 19.8 Å². The SMILES string of the molecule is CCCc1c(N)cnn1C1(C)CCS(=O)(=O)C1. The van der Waals surface area contributed by atoms with E-state index in [0.29, 0.717) is 12.1 Å². The Bertz CT molecular complexity index is 521. The van der Waals surface area contributed by atoms with E-state index in [2.05, 4.69) is 12.0 Å². The predicted octanol–water partition coefficient (Wildman–Crippen LogP) is 0.952. The standard InChI is InChI=1S/C11H19N3O2S/c1-3-4-10-9(12)7-13-14(10)11(2)5-6-17(15,16)8-11/h7H,3-6,8,12H2,1-2H3. The average Bonchev–Trinajstić information content (AvgIpc) is 2.71. The number of nitrogen functional groups attached to an aromatic ring is 1. The molecule has 0 aromatic carbocycles. The smallest absolute Gasteiger partial charge is 0.152 e. The van der Waals surface area contributed by atoms with Crippen LogP contribution < -0.4 is 5.73 Å². The van der Waals surface area contributed by atoms with Crippen LogP contribution in [0.25, 0.3) is 0 Å². The third kappa shape index (κ3) is 2.18. The monoisotopic (exact) mass is 257 g/mol. The molecule has 0 aliphatic carbocycles. The molecular formula is C11H19N3O2S. The fourth-order valence-electron chi connectivity index (χ4n) is 2.50. The van der Waals surface area contributed by atoms with E-state index >= 15 is 0 Å². The van der Waals surface area contributed by atoms with Crippen LogP contribution in [0.3, 0.4) is 0 Å². The Kier molecular flexibility index (Phi) is 2.93.